The Balaban J connectivity index is 0.000000252. The second-order valence-electron chi connectivity index (χ2n) is 10.1. The van der Waals surface area contributed by atoms with Gasteiger partial charge in [-0.3, -0.25) is 9.10 Å². The first-order chi connectivity index (χ1) is 17.3. The summed E-state index contributed by atoms with van der Waals surface area (Å²) < 4.78 is 7.38. The van der Waals surface area contributed by atoms with Gasteiger partial charge in [0.2, 0.25) is 0 Å². The van der Waals surface area contributed by atoms with E-state index >= 15 is 0 Å². The third-order valence-corrected chi connectivity index (χ3v) is 7.67. The molecule has 1 saturated carbocycles. The predicted octanol–water partition coefficient (Wildman–Crippen LogP) is 5.36. The highest BCUT2D eigenvalue weighted by Gasteiger charge is 2.36. The zero-order chi connectivity index (χ0) is 26.8. The summed E-state index contributed by atoms with van der Waals surface area (Å²) in [6, 6.07) is 1.62. The van der Waals surface area contributed by atoms with Crippen molar-refractivity contribution in [1.82, 2.24) is 14.8 Å². The summed E-state index contributed by atoms with van der Waals surface area (Å²) in [5.41, 5.74) is 5.76. The second kappa shape index (κ2) is 18.7. The molecule has 3 aliphatic rings. The minimum absolute atomic E-state index is 0.229. The van der Waals surface area contributed by atoms with Gasteiger partial charge in [0.1, 0.15) is 5.76 Å². The molecular formula is C28H50N4O3S. The van der Waals surface area contributed by atoms with Crippen LogP contribution in [0.4, 0.5) is 0 Å². The number of aliphatic hydroxyl groups is 1. The van der Waals surface area contributed by atoms with Crippen LogP contribution in [0.2, 0.25) is 0 Å². The van der Waals surface area contributed by atoms with Gasteiger partial charge >= 0.3 is 0 Å². The van der Waals surface area contributed by atoms with Gasteiger partial charge < -0.3 is 20.7 Å². The molecule has 0 bridgehead atoms. The quantitative estimate of drug-likeness (QED) is 0.312. The van der Waals surface area contributed by atoms with Gasteiger partial charge in [-0.25, -0.2) is 0 Å². The molecule has 206 valence electrons. The summed E-state index contributed by atoms with van der Waals surface area (Å²) in [5.74, 6) is 3.77. The average Bonchev–Trinajstić information content (AvgIpc) is 3.44. The lowest BCUT2D eigenvalue weighted by atomic mass is 9.87. The summed E-state index contributed by atoms with van der Waals surface area (Å²) in [6.45, 7) is 10.5. The van der Waals surface area contributed by atoms with E-state index in [1.54, 1.807) is 6.07 Å². The highest BCUT2D eigenvalue weighted by Crippen LogP contribution is 2.40. The molecule has 0 radical (unpaired) electrons. The first-order valence-corrected chi connectivity index (χ1v) is 14.9. The van der Waals surface area contributed by atoms with Crippen molar-refractivity contribution in [2.45, 2.75) is 103 Å². The number of aromatic nitrogens is 1. The second-order valence-corrected chi connectivity index (χ2v) is 10.9. The molecule has 0 unspecified atom stereocenters. The number of hydrogen-bond donors (Lipinski definition) is 3. The standard InChI is InChI=1S/C9H18N2S.C7H8N2O2.C7H16O.C5H8/c1-12-11-7-4-9(5-8-11)3-2-6-10-9;8-7(10)5-3-6(11-9-5)4-1-2-4;1-3-4-5-7(2)6-8;1-3-5-4-2/h10H,2-8H2,1H3;3-4H,1-2H2,(H2,8,10);7-8H,3-6H2,1-2H3;1H,4-5H2,2H3/t;;7-;/m..0./s1. The molecule has 1 aromatic heterocycles. The van der Waals surface area contributed by atoms with Crippen LogP contribution in [0.1, 0.15) is 114 Å². The lowest BCUT2D eigenvalue weighted by molar-refractivity contribution is 0.0991. The van der Waals surface area contributed by atoms with Gasteiger partial charge in [0, 0.05) is 43.6 Å². The van der Waals surface area contributed by atoms with Gasteiger partial charge in [-0.1, -0.05) is 50.7 Å². The minimum atomic E-state index is -0.527. The van der Waals surface area contributed by atoms with Gasteiger partial charge in [-0.2, -0.15) is 0 Å². The van der Waals surface area contributed by atoms with E-state index in [2.05, 4.69) is 47.7 Å². The number of piperidine rings is 1. The smallest absolute Gasteiger partial charge is 0.270 e. The van der Waals surface area contributed by atoms with Gasteiger partial charge in [-0.05, 0) is 70.1 Å². The molecule has 0 aromatic carbocycles. The van der Waals surface area contributed by atoms with E-state index in [9.17, 15) is 4.79 Å². The molecule has 1 amide bonds. The normalized spacial score (nSPS) is 19.0. The lowest BCUT2D eigenvalue weighted by Crippen LogP contribution is -2.48. The van der Waals surface area contributed by atoms with Crippen molar-refractivity contribution in [3.63, 3.8) is 0 Å². The topological polar surface area (TPSA) is 105 Å². The number of carbonyl (C=O) groups is 1. The van der Waals surface area contributed by atoms with Crippen molar-refractivity contribution in [1.29, 1.82) is 0 Å². The minimum Gasteiger partial charge on any atom is -0.396 e. The zero-order valence-corrected chi connectivity index (χ0v) is 23.9. The molecule has 1 spiro atoms. The van der Waals surface area contributed by atoms with Crippen LogP contribution in [0.5, 0.6) is 0 Å². The summed E-state index contributed by atoms with van der Waals surface area (Å²) in [4.78, 5) is 10.6. The number of nitrogens with two attached hydrogens (primary N) is 1. The number of hydrogen-bond acceptors (Lipinski definition) is 7. The van der Waals surface area contributed by atoms with E-state index in [-0.39, 0.29) is 5.69 Å². The molecule has 4 rings (SSSR count). The number of terminal acetylenes is 1. The Morgan fingerprint density at radius 3 is 2.44 bits per heavy atom. The van der Waals surface area contributed by atoms with Crippen LogP contribution in [-0.2, 0) is 0 Å². The number of rotatable bonds is 8. The van der Waals surface area contributed by atoms with Gasteiger partial charge in [0.15, 0.2) is 5.69 Å². The molecule has 2 aliphatic heterocycles. The highest BCUT2D eigenvalue weighted by atomic mass is 32.2. The van der Waals surface area contributed by atoms with Crippen LogP contribution < -0.4 is 11.1 Å². The van der Waals surface area contributed by atoms with Crippen molar-refractivity contribution in [3.05, 3.63) is 17.5 Å². The maximum Gasteiger partial charge on any atom is 0.270 e. The Kier molecular flexibility index (Phi) is 16.9. The molecule has 7 nitrogen and oxygen atoms in total. The van der Waals surface area contributed by atoms with Gasteiger partial charge in [0.25, 0.3) is 5.91 Å². The fourth-order valence-electron chi connectivity index (χ4n) is 4.15. The Morgan fingerprint density at radius 2 is 2.06 bits per heavy atom. The molecule has 4 N–H and O–H groups in total. The number of nitrogens with zero attached hydrogens (tertiary/aromatic N) is 2. The Bertz CT molecular complexity index is 744. The van der Waals surface area contributed by atoms with E-state index in [0.717, 1.165) is 31.4 Å². The fraction of sp³-hybridized carbons (Fsp3) is 0.786. The van der Waals surface area contributed by atoms with Crippen LogP contribution in [0.15, 0.2) is 10.6 Å². The molecule has 2 saturated heterocycles. The largest absolute Gasteiger partial charge is 0.396 e. The van der Waals surface area contributed by atoms with Crippen molar-refractivity contribution < 1.29 is 14.4 Å². The van der Waals surface area contributed by atoms with Gasteiger partial charge in [0.05, 0.1) is 0 Å². The van der Waals surface area contributed by atoms with Crippen molar-refractivity contribution in [3.8, 4) is 12.3 Å². The number of nitrogens with one attached hydrogen (secondary N) is 1. The van der Waals surface area contributed by atoms with Crippen LogP contribution in [0, 0.1) is 18.3 Å². The molecule has 36 heavy (non-hydrogen) atoms. The maximum absolute atomic E-state index is 10.6. The Hall–Kier alpha value is -1.53. The van der Waals surface area contributed by atoms with E-state index in [4.69, 9.17) is 21.8 Å². The van der Waals surface area contributed by atoms with E-state index < -0.39 is 5.91 Å². The average molecular weight is 523 g/mol. The van der Waals surface area contributed by atoms with Crippen LogP contribution >= 0.6 is 11.9 Å². The molecule has 1 aliphatic carbocycles. The lowest BCUT2D eigenvalue weighted by Gasteiger charge is -2.38. The maximum atomic E-state index is 10.6. The predicted molar refractivity (Wildman–Crippen MR) is 151 cm³/mol. The van der Waals surface area contributed by atoms with Crippen LogP contribution in [0.25, 0.3) is 0 Å². The first-order valence-electron chi connectivity index (χ1n) is 13.7. The SMILES string of the molecule is C#CCCC.CCCC[C@H](C)CO.CSN1CCC2(CCCN2)CC1.NC(=O)c1cc(C2CC2)on1. The van der Waals surface area contributed by atoms with E-state index in [1.165, 1.54) is 64.6 Å². The Morgan fingerprint density at radius 1 is 1.36 bits per heavy atom. The number of amides is 1. The zero-order valence-electron chi connectivity index (χ0n) is 23.1. The summed E-state index contributed by atoms with van der Waals surface area (Å²) in [5, 5.41) is 15.8. The number of primary amides is 1. The van der Waals surface area contributed by atoms with Gasteiger partial charge in [-0.15, -0.1) is 12.3 Å². The van der Waals surface area contributed by atoms with Crippen LogP contribution in [-0.4, -0.2) is 58.5 Å². The Labute approximate surface area is 223 Å². The first kappa shape index (κ1) is 32.5. The third kappa shape index (κ3) is 13.1. The fourth-order valence-corrected chi connectivity index (χ4v) is 4.69. The highest BCUT2D eigenvalue weighted by molar-refractivity contribution is 7.96. The molecular weight excluding hydrogens is 472 g/mol. The number of aliphatic hydroxyl groups excluding tert-OH is 1. The third-order valence-electron chi connectivity index (χ3n) is 6.79. The monoisotopic (exact) mass is 522 g/mol. The summed E-state index contributed by atoms with van der Waals surface area (Å²) >= 11 is 1.89. The van der Waals surface area contributed by atoms with E-state index in [1.807, 2.05) is 11.9 Å². The number of unbranched alkanes of at least 4 members (excludes halogenated alkanes) is 2. The summed E-state index contributed by atoms with van der Waals surface area (Å²) in [6.07, 6.45) is 20.5. The number of carbonyl (C=O) groups excluding carboxylic acids is 1. The molecule has 8 heteroatoms. The summed E-state index contributed by atoms with van der Waals surface area (Å²) in [7, 11) is 0. The van der Waals surface area contributed by atoms with E-state index in [0.29, 0.717) is 24.0 Å². The molecule has 1 atom stereocenters. The van der Waals surface area contributed by atoms with Crippen molar-refractivity contribution in [2.24, 2.45) is 11.7 Å². The molecule has 3 fully saturated rings. The van der Waals surface area contributed by atoms with Crippen LogP contribution in [0.3, 0.4) is 0 Å². The van der Waals surface area contributed by atoms with Crippen molar-refractivity contribution in [2.75, 3.05) is 32.5 Å². The molecule has 3 heterocycles. The van der Waals surface area contributed by atoms with Crippen molar-refractivity contribution >= 4 is 17.9 Å². The molecule has 1 aromatic rings.